The Balaban J connectivity index is 1.41. The normalized spacial score (nSPS) is 19.1. The Kier molecular flexibility index (Phi) is 7.49. The molecule has 0 bridgehead atoms. The number of nitro groups is 1. The number of hydrogen-bond donors (Lipinski definition) is 1. The fourth-order valence-electron chi connectivity index (χ4n) is 6.11. The molecule has 210 valence electrons. The quantitative estimate of drug-likeness (QED) is 0.322. The smallest absolute Gasteiger partial charge is 0.415 e. The van der Waals surface area contributed by atoms with Gasteiger partial charge in [-0.2, -0.15) is 0 Å². The molecular formula is C29H31N3O8. The van der Waals surface area contributed by atoms with Crippen LogP contribution in [0.5, 0.6) is 11.5 Å². The third kappa shape index (κ3) is 4.88. The summed E-state index contributed by atoms with van der Waals surface area (Å²) in [5.41, 5.74) is 3.71. The van der Waals surface area contributed by atoms with E-state index in [1.807, 2.05) is 18.2 Å². The number of ether oxygens (including phenoxy) is 3. The van der Waals surface area contributed by atoms with E-state index in [1.54, 1.807) is 16.9 Å². The van der Waals surface area contributed by atoms with Crippen molar-refractivity contribution >= 4 is 23.4 Å². The van der Waals surface area contributed by atoms with Gasteiger partial charge in [-0.25, -0.2) is 9.59 Å². The van der Waals surface area contributed by atoms with Gasteiger partial charge in [-0.1, -0.05) is 18.7 Å². The summed E-state index contributed by atoms with van der Waals surface area (Å²) in [6.07, 6.45) is 2.15. The van der Waals surface area contributed by atoms with Crippen LogP contribution >= 0.6 is 0 Å². The maximum atomic E-state index is 13.1. The number of piperidine rings is 1. The molecule has 0 aromatic heterocycles. The molecule has 11 nitrogen and oxygen atoms in total. The number of aliphatic hydroxyl groups is 1. The number of benzene rings is 2. The summed E-state index contributed by atoms with van der Waals surface area (Å²) in [7, 11) is 1.62. The Hall–Kier alpha value is -4.38. The highest BCUT2D eigenvalue weighted by molar-refractivity contribution is 5.85. The van der Waals surface area contributed by atoms with E-state index in [9.17, 15) is 24.8 Å². The van der Waals surface area contributed by atoms with Gasteiger partial charge in [0.1, 0.15) is 18.1 Å². The van der Waals surface area contributed by atoms with Crippen molar-refractivity contribution in [2.45, 2.75) is 25.3 Å². The van der Waals surface area contributed by atoms with Crippen LogP contribution in [-0.4, -0.2) is 78.0 Å². The molecule has 1 spiro atoms. The molecule has 2 heterocycles. The highest BCUT2D eigenvalue weighted by atomic mass is 16.6. The fourth-order valence-corrected chi connectivity index (χ4v) is 6.11. The summed E-state index contributed by atoms with van der Waals surface area (Å²) in [6, 6.07) is 10.8. The van der Waals surface area contributed by atoms with E-state index in [2.05, 4.69) is 6.58 Å². The summed E-state index contributed by atoms with van der Waals surface area (Å²) < 4.78 is 16.3. The fraction of sp³-hybridized carbons (Fsp3) is 0.379. The Morgan fingerprint density at radius 1 is 1.15 bits per heavy atom. The molecule has 40 heavy (non-hydrogen) atoms. The number of aliphatic hydroxyl groups excluding tert-OH is 1. The van der Waals surface area contributed by atoms with Crippen LogP contribution in [0.4, 0.5) is 15.3 Å². The number of fused-ring (bicyclic) bond motifs is 3. The standard InChI is InChI=1S/C29H31N3O8/c1-3-14-39-28(35)31-18-29(26-23-9-8-22(38-2)15-19(23)16-24(26)25(31)17-33)10-12-30(13-11-29)27(34)40-21-6-4-20(5-7-21)32(36)37/h3-9,15,25,33H,1,10-14,16-18H2,2H3/t25-/m0/s1. The molecule has 11 heteroatoms. The molecule has 1 N–H and O–H groups in total. The summed E-state index contributed by atoms with van der Waals surface area (Å²) in [5.74, 6) is 0.957. The number of amides is 2. The van der Waals surface area contributed by atoms with Crippen molar-refractivity contribution in [3.05, 3.63) is 81.9 Å². The molecule has 5 rings (SSSR count). The second kappa shape index (κ2) is 11.0. The van der Waals surface area contributed by atoms with Gasteiger partial charge in [0.25, 0.3) is 5.69 Å². The number of methoxy groups -OCH3 is 1. The second-order valence-corrected chi connectivity index (χ2v) is 10.2. The minimum Gasteiger partial charge on any atom is -0.497 e. The summed E-state index contributed by atoms with van der Waals surface area (Å²) in [5, 5.41) is 21.3. The summed E-state index contributed by atoms with van der Waals surface area (Å²) >= 11 is 0. The predicted molar refractivity (Wildman–Crippen MR) is 145 cm³/mol. The number of likely N-dealkylation sites (tertiary alicyclic amines) is 1. The first-order chi connectivity index (χ1) is 19.3. The molecule has 0 radical (unpaired) electrons. The monoisotopic (exact) mass is 549 g/mol. The van der Waals surface area contributed by atoms with E-state index in [1.165, 1.54) is 30.3 Å². The van der Waals surface area contributed by atoms with Gasteiger partial charge in [-0.3, -0.25) is 15.0 Å². The van der Waals surface area contributed by atoms with Gasteiger partial charge < -0.3 is 24.2 Å². The summed E-state index contributed by atoms with van der Waals surface area (Å²) in [6.45, 7) is 4.54. The average molecular weight is 550 g/mol. The first-order valence-electron chi connectivity index (χ1n) is 13.1. The third-order valence-corrected chi connectivity index (χ3v) is 8.03. The van der Waals surface area contributed by atoms with Gasteiger partial charge in [-0.15, -0.1) is 0 Å². The molecule has 1 saturated heterocycles. The lowest BCUT2D eigenvalue weighted by molar-refractivity contribution is -0.384. The van der Waals surface area contributed by atoms with Crippen molar-refractivity contribution in [1.82, 2.24) is 9.80 Å². The highest BCUT2D eigenvalue weighted by Crippen LogP contribution is 2.55. The van der Waals surface area contributed by atoms with Crippen LogP contribution in [0.2, 0.25) is 0 Å². The maximum Gasteiger partial charge on any atom is 0.415 e. The van der Waals surface area contributed by atoms with Crippen LogP contribution in [0.3, 0.4) is 0 Å². The first-order valence-corrected chi connectivity index (χ1v) is 13.1. The summed E-state index contributed by atoms with van der Waals surface area (Å²) in [4.78, 5) is 39.7. The van der Waals surface area contributed by atoms with Crippen LogP contribution in [0.15, 0.2) is 60.7 Å². The Labute approximate surface area is 231 Å². The Morgan fingerprint density at radius 2 is 1.85 bits per heavy atom. The average Bonchev–Trinajstić information content (AvgIpc) is 3.36. The maximum absolute atomic E-state index is 13.1. The second-order valence-electron chi connectivity index (χ2n) is 10.2. The van der Waals surface area contributed by atoms with Gasteiger partial charge >= 0.3 is 12.2 Å². The molecule has 2 aromatic carbocycles. The van der Waals surface area contributed by atoms with E-state index in [0.29, 0.717) is 38.9 Å². The lowest BCUT2D eigenvalue weighted by Crippen LogP contribution is -2.57. The van der Waals surface area contributed by atoms with Crippen molar-refractivity contribution < 1.29 is 33.8 Å². The number of non-ortho nitro benzene ring substituents is 1. The molecule has 1 fully saturated rings. The van der Waals surface area contributed by atoms with Crippen LogP contribution in [0.1, 0.15) is 24.0 Å². The predicted octanol–water partition coefficient (Wildman–Crippen LogP) is 4.19. The van der Waals surface area contributed by atoms with E-state index < -0.39 is 28.6 Å². The number of rotatable bonds is 6. The lowest BCUT2D eigenvalue weighted by atomic mass is 9.66. The molecule has 0 saturated carbocycles. The van der Waals surface area contributed by atoms with Gasteiger partial charge in [0.15, 0.2) is 0 Å². The van der Waals surface area contributed by atoms with Gasteiger partial charge in [0, 0.05) is 37.2 Å². The zero-order valence-electron chi connectivity index (χ0n) is 22.2. The molecule has 2 amide bonds. The molecule has 3 aliphatic rings. The number of carbonyl (C=O) groups is 2. The third-order valence-electron chi connectivity index (χ3n) is 8.03. The molecular weight excluding hydrogens is 518 g/mol. The topological polar surface area (TPSA) is 132 Å². The van der Waals surface area contributed by atoms with Crippen molar-refractivity contribution in [2.75, 3.05) is 40.0 Å². The zero-order valence-corrected chi connectivity index (χ0v) is 22.2. The minimum atomic E-state index is -0.541. The van der Waals surface area contributed by atoms with Crippen molar-refractivity contribution in [3.63, 3.8) is 0 Å². The van der Waals surface area contributed by atoms with E-state index in [0.717, 1.165) is 28.0 Å². The Bertz CT molecular complexity index is 1360. The van der Waals surface area contributed by atoms with Crippen LogP contribution in [0, 0.1) is 15.5 Å². The van der Waals surface area contributed by atoms with E-state index in [4.69, 9.17) is 14.2 Å². The van der Waals surface area contributed by atoms with Gasteiger partial charge in [0.05, 0.1) is 24.7 Å². The molecule has 2 aliphatic heterocycles. The van der Waals surface area contributed by atoms with Crippen LogP contribution in [-0.2, 0) is 11.2 Å². The number of hydrogen-bond acceptors (Lipinski definition) is 8. The van der Waals surface area contributed by atoms with Crippen LogP contribution in [0.25, 0.3) is 5.57 Å². The van der Waals surface area contributed by atoms with Gasteiger partial charge in [0.2, 0.25) is 0 Å². The number of nitro benzene ring substituents is 1. The Morgan fingerprint density at radius 3 is 2.48 bits per heavy atom. The molecule has 1 aliphatic carbocycles. The lowest BCUT2D eigenvalue weighted by Gasteiger charge is -2.50. The SMILES string of the molecule is C=CCOC(=O)N1CC2(CCN(C(=O)Oc3ccc([N+](=O)[O-])cc3)CC2)C2=C(Cc3cc(OC)ccc32)[C@@H]1CO. The molecule has 2 aromatic rings. The molecule has 0 unspecified atom stereocenters. The van der Waals surface area contributed by atoms with Crippen molar-refractivity contribution in [2.24, 2.45) is 5.41 Å². The van der Waals surface area contributed by atoms with Gasteiger partial charge in [-0.05, 0) is 65.8 Å². The van der Waals surface area contributed by atoms with E-state index in [-0.39, 0.29) is 24.7 Å². The van der Waals surface area contributed by atoms with Crippen molar-refractivity contribution in [1.29, 1.82) is 0 Å². The first kappa shape index (κ1) is 27.2. The molecule has 1 atom stereocenters. The van der Waals surface area contributed by atoms with E-state index >= 15 is 0 Å². The largest absolute Gasteiger partial charge is 0.497 e. The van der Waals surface area contributed by atoms with Crippen LogP contribution < -0.4 is 9.47 Å². The number of nitrogens with zero attached hydrogens (tertiary/aromatic N) is 3. The zero-order chi connectivity index (χ0) is 28.4. The number of carbonyl (C=O) groups excluding carboxylic acids is 2. The van der Waals surface area contributed by atoms with Crippen molar-refractivity contribution in [3.8, 4) is 11.5 Å². The highest BCUT2D eigenvalue weighted by Gasteiger charge is 2.51. The minimum absolute atomic E-state index is 0.0616.